The molecule has 0 fully saturated rings. The van der Waals surface area contributed by atoms with Gasteiger partial charge in [0.1, 0.15) is 12.8 Å². The fraction of sp³-hybridized carbons (Fsp3) is 0.389. The second-order valence-corrected chi connectivity index (χ2v) is 12.0. The highest BCUT2D eigenvalue weighted by atomic mass is 35.5. The van der Waals surface area contributed by atoms with E-state index in [1.165, 1.54) is 0 Å². The molecular formula is C18H27ClN2OSi. The smallest absolute Gasteiger partial charge is 0.250 e. The number of nitrogens with zero attached hydrogens (tertiary/aromatic N) is 1. The first-order valence-corrected chi connectivity index (χ1v) is 10.6. The van der Waals surface area contributed by atoms with Crippen molar-refractivity contribution in [2.24, 2.45) is 7.05 Å². The Morgan fingerprint density at radius 2 is 1.39 bits per heavy atom. The van der Waals surface area contributed by atoms with Crippen molar-refractivity contribution in [1.29, 1.82) is 0 Å². The number of pyridine rings is 1. The molecule has 3 nitrogen and oxygen atoms in total. The fourth-order valence-electron chi connectivity index (χ4n) is 1.81. The van der Waals surface area contributed by atoms with E-state index in [9.17, 15) is 0 Å². The van der Waals surface area contributed by atoms with Crippen molar-refractivity contribution >= 4 is 19.7 Å². The van der Waals surface area contributed by atoms with Gasteiger partial charge in [-0.3, -0.25) is 0 Å². The predicted molar refractivity (Wildman–Crippen MR) is 95.2 cm³/mol. The zero-order valence-corrected chi connectivity index (χ0v) is 16.6. The molecule has 1 aromatic carbocycles. The maximum Gasteiger partial charge on any atom is 0.250 e. The summed E-state index contributed by atoms with van der Waals surface area (Å²) in [6.07, 6.45) is 4.05. The molecule has 0 aliphatic carbocycles. The molecule has 2 aromatic rings. The predicted octanol–water partition coefficient (Wildman–Crippen LogP) is 1.64. The molecule has 0 unspecified atom stereocenters. The highest BCUT2D eigenvalue weighted by Gasteiger charge is 2.38. The molecule has 23 heavy (non-hydrogen) atoms. The molecule has 1 aromatic heterocycles. The summed E-state index contributed by atoms with van der Waals surface area (Å²) in [5.74, 6) is 0.955. The monoisotopic (exact) mass is 350 g/mol. The van der Waals surface area contributed by atoms with E-state index < -0.39 is 8.32 Å². The number of benzene rings is 1. The van der Waals surface area contributed by atoms with Crippen LogP contribution in [0.4, 0.5) is 11.4 Å². The summed E-state index contributed by atoms with van der Waals surface area (Å²) in [5.41, 5.74) is 2.15. The van der Waals surface area contributed by atoms with Gasteiger partial charge in [0.2, 0.25) is 8.32 Å². The molecule has 0 aliphatic heterocycles. The minimum absolute atomic E-state index is 0. The van der Waals surface area contributed by atoms with Crippen molar-refractivity contribution in [1.82, 2.24) is 0 Å². The van der Waals surface area contributed by atoms with Crippen LogP contribution in [0.2, 0.25) is 18.1 Å². The van der Waals surface area contributed by atoms with E-state index >= 15 is 0 Å². The van der Waals surface area contributed by atoms with Crippen LogP contribution < -0.4 is 26.7 Å². The van der Waals surface area contributed by atoms with E-state index in [-0.39, 0.29) is 17.4 Å². The van der Waals surface area contributed by atoms with Gasteiger partial charge in [0.25, 0.3) is 0 Å². The third-order valence-electron chi connectivity index (χ3n) is 4.30. The van der Waals surface area contributed by atoms with E-state index in [1.807, 2.05) is 36.1 Å². The molecule has 0 aliphatic rings. The third kappa shape index (κ3) is 5.25. The van der Waals surface area contributed by atoms with Crippen molar-refractivity contribution in [3.63, 3.8) is 0 Å². The molecule has 0 saturated heterocycles. The molecule has 0 spiro atoms. The molecule has 126 valence electrons. The number of aromatic nitrogens is 1. The van der Waals surface area contributed by atoms with Gasteiger partial charge in [-0.2, -0.15) is 0 Å². The first-order chi connectivity index (χ1) is 10.2. The Hall–Kier alpha value is -1.52. The van der Waals surface area contributed by atoms with Crippen LogP contribution in [0.5, 0.6) is 5.75 Å². The molecule has 0 saturated carbocycles. The van der Waals surface area contributed by atoms with E-state index in [0.717, 1.165) is 17.1 Å². The quantitative estimate of drug-likeness (QED) is 0.670. The van der Waals surface area contributed by atoms with Gasteiger partial charge in [-0.25, -0.2) is 4.57 Å². The number of aryl methyl sites for hydroxylation is 1. The van der Waals surface area contributed by atoms with Crippen LogP contribution in [0, 0.1) is 0 Å². The number of nitrogens with one attached hydrogen (secondary N) is 1. The fourth-order valence-corrected chi connectivity index (χ4v) is 2.84. The van der Waals surface area contributed by atoms with Gasteiger partial charge in [-0.15, -0.1) is 0 Å². The summed E-state index contributed by atoms with van der Waals surface area (Å²) in [6, 6.07) is 12.3. The van der Waals surface area contributed by atoms with E-state index in [4.69, 9.17) is 4.43 Å². The second kappa shape index (κ2) is 7.36. The Bertz CT molecular complexity index is 619. The Balaban J connectivity index is 0.00000264. The zero-order chi connectivity index (χ0) is 16.4. The van der Waals surface area contributed by atoms with E-state index in [0.29, 0.717) is 0 Å². The Morgan fingerprint density at radius 3 is 1.87 bits per heavy atom. The summed E-state index contributed by atoms with van der Waals surface area (Å²) >= 11 is 0. The maximum absolute atomic E-state index is 6.29. The summed E-state index contributed by atoms with van der Waals surface area (Å²) < 4.78 is 8.31. The van der Waals surface area contributed by atoms with Crippen molar-refractivity contribution in [3.8, 4) is 5.75 Å². The molecule has 0 atom stereocenters. The molecule has 1 heterocycles. The Morgan fingerprint density at radius 1 is 0.913 bits per heavy atom. The Kier molecular flexibility index (Phi) is 6.25. The van der Waals surface area contributed by atoms with Crippen LogP contribution in [0.15, 0.2) is 48.8 Å². The van der Waals surface area contributed by atoms with Crippen LogP contribution >= 0.6 is 0 Å². The van der Waals surface area contributed by atoms with Crippen LogP contribution in [0.25, 0.3) is 0 Å². The molecule has 2 rings (SSSR count). The summed E-state index contributed by atoms with van der Waals surface area (Å²) in [6.45, 7) is 11.3. The standard InChI is InChI=1S/C18H26N2OSi.ClH/c1-18(2,3)22(5,6)21-17-9-7-15(8-10-17)19-16-11-13-20(4)14-12-16;/h7-14H,1-6H3;1H. The van der Waals surface area contributed by atoms with Gasteiger partial charge >= 0.3 is 0 Å². The lowest BCUT2D eigenvalue weighted by Crippen LogP contribution is -3.00. The number of rotatable bonds is 4. The van der Waals surface area contributed by atoms with E-state index in [1.54, 1.807) is 0 Å². The minimum atomic E-state index is -1.77. The van der Waals surface area contributed by atoms with Crippen LogP contribution in [-0.2, 0) is 7.05 Å². The van der Waals surface area contributed by atoms with E-state index in [2.05, 4.69) is 63.4 Å². The van der Waals surface area contributed by atoms with Gasteiger partial charge in [0.05, 0.1) is 5.69 Å². The van der Waals surface area contributed by atoms with Gasteiger partial charge in [-0.1, -0.05) is 20.8 Å². The molecule has 0 amide bonds. The molecular weight excluding hydrogens is 324 g/mol. The lowest BCUT2D eigenvalue weighted by molar-refractivity contribution is -0.671. The zero-order valence-electron chi connectivity index (χ0n) is 14.9. The molecule has 0 bridgehead atoms. The normalized spacial score (nSPS) is 11.6. The SMILES string of the molecule is C[n+]1ccc(Nc2ccc(O[Si](C)(C)C(C)(C)C)cc2)cc1.[Cl-]. The van der Waals surface area contributed by atoms with Crippen molar-refractivity contribution in [2.75, 3.05) is 5.32 Å². The Labute approximate surface area is 147 Å². The van der Waals surface area contributed by atoms with Crippen LogP contribution in [0.1, 0.15) is 20.8 Å². The number of hydrogen-bond acceptors (Lipinski definition) is 2. The average molecular weight is 351 g/mol. The van der Waals surface area contributed by atoms with Crippen molar-refractivity contribution in [3.05, 3.63) is 48.8 Å². The van der Waals surface area contributed by atoms with Crippen LogP contribution in [0.3, 0.4) is 0 Å². The second-order valence-electron chi connectivity index (χ2n) is 7.26. The van der Waals surface area contributed by atoms with Gasteiger partial charge in [-0.05, 0) is 42.4 Å². The van der Waals surface area contributed by atoms with Crippen molar-refractivity contribution in [2.45, 2.75) is 38.9 Å². The lowest BCUT2D eigenvalue weighted by atomic mass is 10.2. The van der Waals surface area contributed by atoms with Gasteiger partial charge < -0.3 is 22.1 Å². The summed E-state index contributed by atoms with van der Waals surface area (Å²) in [7, 11) is 0.244. The third-order valence-corrected chi connectivity index (χ3v) is 8.66. The topological polar surface area (TPSA) is 25.1 Å². The molecule has 1 N–H and O–H groups in total. The highest BCUT2D eigenvalue weighted by Crippen LogP contribution is 2.37. The molecule has 0 radical (unpaired) electrons. The average Bonchev–Trinajstić information content (AvgIpc) is 2.42. The molecule has 5 heteroatoms. The maximum atomic E-state index is 6.29. The summed E-state index contributed by atoms with van der Waals surface area (Å²) in [4.78, 5) is 0. The first-order valence-electron chi connectivity index (χ1n) is 7.69. The number of anilines is 2. The van der Waals surface area contributed by atoms with Crippen LogP contribution in [-0.4, -0.2) is 8.32 Å². The van der Waals surface area contributed by atoms with Gasteiger partial charge in [0.15, 0.2) is 12.4 Å². The largest absolute Gasteiger partial charge is 1.00 e. The van der Waals surface area contributed by atoms with Crippen molar-refractivity contribution < 1.29 is 21.4 Å². The summed E-state index contributed by atoms with van der Waals surface area (Å²) in [5, 5.41) is 3.61. The minimum Gasteiger partial charge on any atom is -1.00 e. The number of halogens is 1. The lowest BCUT2D eigenvalue weighted by Gasteiger charge is -2.36. The number of hydrogen-bond donors (Lipinski definition) is 1. The highest BCUT2D eigenvalue weighted by molar-refractivity contribution is 6.74. The van der Waals surface area contributed by atoms with Gasteiger partial charge in [0, 0.05) is 17.8 Å². The first kappa shape index (κ1) is 19.5.